The lowest BCUT2D eigenvalue weighted by Gasteiger charge is -1.96. The first-order chi connectivity index (χ1) is 9.24. The number of pyridine rings is 1. The van der Waals surface area contributed by atoms with Gasteiger partial charge in [-0.2, -0.15) is 4.98 Å². The van der Waals surface area contributed by atoms with Crippen LogP contribution in [0.15, 0.2) is 51.6 Å². The van der Waals surface area contributed by atoms with Gasteiger partial charge in [0.1, 0.15) is 0 Å². The summed E-state index contributed by atoms with van der Waals surface area (Å²) in [6, 6.07) is 11.1. The zero-order valence-corrected chi connectivity index (χ0v) is 11.3. The number of rotatable bonds is 2. The molecule has 1 aromatic carbocycles. The Morgan fingerprint density at radius 2 is 1.89 bits per heavy atom. The van der Waals surface area contributed by atoms with Crippen molar-refractivity contribution in [3.05, 3.63) is 47.1 Å². The molecule has 0 radical (unpaired) electrons. The van der Waals surface area contributed by atoms with Crippen molar-refractivity contribution in [3.8, 4) is 23.0 Å². The molecule has 0 bridgehead atoms. The standard InChI is InChI=1S/C13H9BrN4O/c14-9-5-3-8(4-6-9)12-17-13(19-18-12)11-10(15)2-1-7-16-11/h1-7H,15H2. The molecule has 19 heavy (non-hydrogen) atoms. The van der Waals surface area contributed by atoms with Gasteiger partial charge in [-0.1, -0.05) is 21.1 Å². The minimum absolute atomic E-state index is 0.316. The summed E-state index contributed by atoms with van der Waals surface area (Å²) in [5.74, 6) is 0.823. The monoisotopic (exact) mass is 316 g/mol. The predicted molar refractivity (Wildman–Crippen MR) is 75.1 cm³/mol. The molecule has 0 aliphatic rings. The van der Waals surface area contributed by atoms with Gasteiger partial charge in [-0.15, -0.1) is 0 Å². The van der Waals surface area contributed by atoms with Crippen molar-refractivity contribution in [1.29, 1.82) is 0 Å². The summed E-state index contributed by atoms with van der Waals surface area (Å²) >= 11 is 3.38. The smallest absolute Gasteiger partial charge is 0.278 e. The van der Waals surface area contributed by atoms with Gasteiger partial charge < -0.3 is 10.3 Å². The minimum Gasteiger partial charge on any atom is -0.397 e. The zero-order valence-electron chi connectivity index (χ0n) is 9.75. The Labute approximate surface area is 117 Å². The van der Waals surface area contributed by atoms with E-state index < -0.39 is 0 Å². The third kappa shape index (κ3) is 2.34. The van der Waals surface area contributed by atoms with Gasteiger partial charge in [0.05, 0.1) is 5.69 Å². The van der Waals surface area contributed by atoms with Gasteiger partial charge in [0.2, 0.25) is 5.82 Å². The molecule has 6 heteroatoms. The fourth-order valence-electron chi connectivity index (χ4n) is 1.63. The van der Waals surface area contributed by atoms with Gasteiger partial charge in [-0.3, -0.25) is 0 Å². The van der Waals surface area contributed by atoms with Crippen LogP contribution in [0.25, 0.3) is 23.0 Å². The maximum Gasteiger partial charge on any atom is 0.278 e. The largest absolute Gasteiger partial charge is 0.397 e. The predicted octanol–water partition coefficient (Wildman–Crippen LogP) is 3.14. The van der Waals surface area contributed by atoms with Crippen molar-refractivity contribution in [2.24, 2.45) is 0 Å². The number of hydrogen-bond acceptors (Lipinski definition) is 5. The number of aromatic nitrogens is 3. The summed E-state index contributed by atoms with van der Waals surface area (Å²) in [5, 5.41) is 3.94. The molecule has 94 valence electrons. The molecule has 2 heterocycles. The van der Waals surface area contributed by atoms with Crippen LogP contribution in [-0.2, 0) is 0 Å². The second kappa shape index (κ2) is 4.81. The summed E-state index contributed by atoms with van der Waals surface area (Å²) in [6.07, 6.45) is 1.63. The van der Waals surface area contributed by atoms with Crippen LogP contribution < -0.4 is 5.73 Å². The average Bonchev–Trinajstić information content (AvgIpc) is 2.89. The van der Waals surface area contributed by atoms with Crippen LogP contribution in [0.3, 0.4) is 0 Å². The highest BCUT2D eigenvalue weighted by molar-refractivity contribution is 9.10. The Bertz CT molecular complexity index is 709. The average molecular weight is 317 g/mol. The van der Waals surface area contributed by atoms with Crippen molar-refractivity contribution in [3.63, 3.8) is 0 Å². The Morgan fingerprint density at radius 3 is 2.63 bits per heavy atom. The van der Waals surface area contributed by atoms with E-state index in [1.165, 1.54) is 0 Å². The van der Waals surface area contributed by atoms with Crippen molar-refractivity contribution in [2.75, 3.05) is 5.73 Å². The first kappa shape index (κ1) is 11.9. The molecule has 3 aromatic rings. The van der Waals surface area contributed by atoms with E-state index in [-0.39, 0.29) is 0 Å². The summed E-state index contributed by atoms with van der Waals surface area (Å²) in [5.41, 5.74) is 7.70. The number of hydrogen-bond donors (Lipinski definition) is 1. The lowest BCUT2D eigenvalue weighted by molar-refractivity contribution is 0.431. The summed E-state index contributed by atoms with van der Waals surface area (Å²) in [7, 11) is 0. The number of nitrogens with zero attached hydrogens (tertiary/aromatic N) is 3. The van der Waals surface area contributed by atoms with Gasteiger partial charge in [0.15, 0.2) is 5.69 Å². The Kier molecular flexibility index (Phi) is 3.00. The molecule has 0 atom stereocenters. The van der Waals surface area contributed by atoms with Gasteiger partial charge >= 0.3 is 0 Å². The van der Waals surface area contributed by atoms with Crippen LogP contribution in [0, 0.1) is 0 Å². The molecule has 0 saturated carbocycles. The number of nitrogen functional groups attached to an aromatic ring is 1. The number of nitrogens with two attached hydrogens (primary N) is 1. The molecule has 2 N–H and O–H groups in total. The third-order valence-electron chi connectivity index (χ3n) is 2.57. The van der Waals surface area contributed by atoms with E-state index in [4.69, 9.17) is 10.3 Å². The SMILES string of the molecule is Nc1cccnc1-c1nc(-c2ccc(Br)cc2)no1. The molecule has 5 nitrogen and oxygen atoms in total. The van der Waals surface area contributed by atoms with Gasteiger partial charge in [-0.05, 0) is 36.4 Å². The van der Waals surface area contributed by atoms with Crippen LogP contribution >= 0.6 is 15.9 Å². The molecule has 0 unspecified atom stereocenters. The van der Waals surface area contributed by atoms with E-state index in [0.29, 0.717) is 23.1 Å². The number of anilines is 1. The first-order valence-corrected chi connectivity index (χ1v) is 6.34. The van der Waals surface area contributed by atoms with Crippen LogP contribution in [-0.4, -0.2) is 15.1 Å². The van der Waals surface area contributed by atoms with Crippen LogP contribution in [0.4, 0.5) is 5.69 Å². The summed E-state index contributed by atoms with van der Waals surface area (Å²) in [6.45, 7) is 0. The normalized spacial score (nSPS) is 10.6. The molecule has 0 aliphatic carbocycles. The van der Waals surface area contributed by atoms with Gasteiger partial charge in [0, 0.05) is 16.2 Å². The Balaban J connectivity index is 2.00. The maximum absolute atomic E-state index is 5.82. The van der Waals surface area contributed by atoms with E-state index >= 15 is 0 Å². The fraction of sp³-hybridized carbons (Fsp3) is 0. The van der Waals surface area contributed by atoms with Crippen LogP contribution in [0.1, 0.15) is 0 Å². The van der Waals surface area contributed by atoms with Crippen molar-refractivity contribution >= 4 is 21.6 Å². The zero-order chi connectivity index (χ0) is 13.2. The first-order valence-electron chi connectivity index (χ1n) is 5.54. The highest BCUT2D eigenvalue weighted by Gasteiger charge is 2.13. The van der Waals surface area contributed by atoms with Gasteiger partial charge in [0.25, 0.3) is 5.89 Å². The fourth-order valence-corrected chi connectivity index (χ4v) is 1.90. The number of benzene rings is 1. The topological polar surface area (TPSA) is 77.8 Å². The number of halogens is 1. The quantitative estimate of drug-likeness (QED) is 0.785. The molecule has 0 saturated heterocycles. The molecule has 0 aliphatic heterocycles. The Morgan fingerprint density at radius 1 is 1.11 bits per heavy atom. The molecule has 0 spiro atoms. The molecule has 0 amide bonds. The highest BCUT2D eigenvalue weighted by Crippen LogP contribution is 2.25. The van der Waals surface area contributed by atoms with Crippen LogP contribution in [0.2, 0.25) is 0 Å². The Hall–Kier alpha value is -2.21. The maximum atomic E-state index is 5.82. The highest BCUT2D eigenvalue weighted by atomic mass is 79.9. The third-order valence-corrected chi connectivity index (χ3v) is 3.10. The van der Waals surface area contributed by atoms with Gasteiger partial charge in [-0.25, -0.2) is 4.98 Å². The summed E-state index contributed by atoms with van der Waals surface area (Å²) in [4.78, 5) is 8.45. The minimum atomic E-state index is 0.316. The van der Waals surface area contributed by atoms with E-state index in [1.54, 1.807) is 18.3 Å². The molecule has 0 fully saturated rings. The second-order valence-electron chi connectivity index (χ2n) is 3.87. The van der Waals surface area contributed by atoms with Crippen LogP contribution in [0.5, 0.6) is 0 Å². The molecular weight excluding hydrogens is 308 g/mol. The second-order valence-corrected chi connectivity index (χ2v) is 4.79. The van der Waals surface area contributed by atoms with Crippen molar-refractivity contribution < 1.29 is 4.52 Å². The summed E-state index contributed by atoms with van der Waals surface area (Å²) < 4.78 is 6.20. The molecule has 3 rings (SSSR count). The lowest BCUT2D eigenvalue weighted by atomic mass is 10.2. The van der Waals surface area contributed by atoms with E-state index in [0.717, 1.165) is 10.0 Å². The van der Waals surface area contributed by atoms with Crippen molar-refractivity contribution in [2.45, 2.75) is 0 Å². The molecule has 2 aromatic heterocycles. The van der Waals surface area contributed by atoms with Crippen molar-refractivity contribution in [1.82, 2.24) is 15.1 Å². The van der Waals surface area contributed by atoms with E-state index in [9.17, 15) is 0 Å². The van der Waals surface area contributed by atoms with E-state index in [2.05, 4.69) is 31.1 Å². The lowest BCUT2D eigenvalue weighted by Crippen LogP contribution is -1.92. The molecular formula is C13H9BrN4O. The van der Waals surface area contributed by atoms with E-state index in [1.807, 2.05) is 24.3 Å².